The van der Waals surface area contributed by atoms with Crippen molar-refractivity contribution >= 4 is 11.7 Å². The van der Waals surface area contributed by atoms with E-state index in [4.69, 9.17) is 16.0 Å². The Morgan fingerprint density at radius 1 is 1.57 bits per heavy atom. The van der Waals surface area contributed by atoms with Crippen LogP contribution in [0.1, 0.15) is 20.3 Å². The Bertz CT molecular complexity index is 216. The van der Waals surface area contributed by atoms with E-state index in [0.29, 0.717) is 0 Å². The summed E-state index contributed by atoms with van der Waals surface area (Å²) in [6.45, 7) is 3.83. The lowest BCUT2D eigenvalue weighted by Crippen LogP contribution is -2.40. The van der Waals surface area contributed by atoms with Crippen LogP contribution in [0.25, 0.3) is 0 Å². The van der Waals surface area contributed by atoms with Crippen molar-refractivity contribution in [2.24, 2.45) is 10.9 Å². The second-order valence-corrected chi connectivity index (χ2v) is 3.17. The van der Waals surface area contributed by atoms with Crippen LogP contribution in [0.15, 0.2) is 5.16 Å². The fraction of sp³-hybridized carbons (Fsp3) is 0.750. The number of aliphatic hydroxyl groups excluding tert-OH is 1. The quantitative estimate of drug-likeness (QED) is 0.239. The number of rotatable bonds is 5. The first-order valence-corrected chi connectivity index (χ1v) is 4.39. The van der Waals surface area contributed by atoms with E-state index in [1.807, 2.05) is 13.8 Å². The summed E-state index contributed by atoms with van der Waals surface area (Å²) in [7, 11) is 0. The monoisotopic (exact) mass is 203 g/mol. The minimum absolute atomic E-state index is 0.0128. The van der Waals surface area contributed by atoms with Crippen molar-refractivity contribution < 1.29 is 15.1 Å². The highest BCUT2D eigenvalue weighted by atomic mass is 16.4. The molecule has 0 saturated carbocycles. The number of hydrogen-bond donors (Lipinski definition) is 3. The second kappa shape index (κ2) is 6.20. The fourth-order valence-electron chi connectivity index (χ4n) is 1.07. The lowest BCUT2D eigenvalue weighted by atomic mass is 10.2. The molecule has 0 bridgehead atoms. The van der Waals surface area contributed by atoms with Crippen LogP contribution in [-0.2, 0) is 4.79 Å². The Balaban J connectivity index is 4.29. The lowest BCUT2D eigenvalue weighted by Gasteiger charge is -2.25. The van der Waals surface area contributed by atoms with Crippen LogP contribution in [0.5, 0.6) is 0 Å². The number of carbonyl (C=O) groups excluding carboxylic acids is 1. The highest BCUT2D eigenvalue weighted by molar-refractivity contribution is 5.98. The van der Waals surface area contributed by atoms with Gasteiger partial charge in [-0.15, -0.1) is 0 Å². The van der Waals surface area contributed by atoms with Crippen LogP contribution in [0.2, 0.25) is 0 Å². The highest BCUT2D eigenvalue weighted by Gasteiger charge is 2.17. The van der Waals surface area contributed by atoms with Gasteiger partial charge in [0.25, 0.3) is 0 Å². The zero-order chi connectivity index (χ0) is 11.1. The molecule has 4 N–H and O–H groups in total. The van der Waals surface area contributed by atoms with E-state index in [9.17, 15) is 4.79 Å². The number of oxime groups is 1. The molecule has 0 spiro atoms. The number of aliphatic hydroxyl groups is 1. The third kappa shape index (κ3) is 4.08. The smallest absolute Gasteiger partial charge is 0.230 e. The molecule has 6 nitrogen and oxygen atoms in total. The van der Waals surface area contributed by atoms with Crippen LogP contribution in [0.3, 0.4) is 0 Å². The predicted octanol–water partition coefficient (Wildman–Crippen LogP) is -0.648. The third-order valence-electron chi connectivity index (χ3n) is 1.75. The van der Waals surface area contributed by atoms with Gasteiger partial charge >= 0.3 is 0 Å². The van der Waals surface area contributed by atoms with Crippen LogP contribution < -0.4 is 5.73 Å². The molecule has 0 heterocycles. The number of carbonyl (C=O) groups is 1. The molecule has 0 radical (unpaired) electrons. The standard InChI is InChI=1S/C8H17N3O3/c1-6(2)11(3-4-12)8(13)5-7(9)10-14/h6,12,14H,3-5H2,1-2H3,(H2,9,10). The maximum absolute atomic E-state index is 11.5. The average molecular weight is 203 g/mol. The normalized spacial score (nSPS) is 11.9. The van der Waals surface area contributed by atoms with Crippen molar-refractivity contribution in [3.8, 4) is 0 Å². The van der Waals surface area contributed by atoms with Gasteiger partial charge in [0.15, 0.2) is 0 Å². The minimum atomic E-state index is -0.260. The van der Waals surface area contributed by atoms with Crippen LogP contribution in [0.4, 0.5) is 0 Å². The van der Waals surface area contributed by atoms with E-state index in [2.05, 4.69) is 5.16 Å². The molecular formula is C8H17N3O3. The van der Waals surface area contributed by atoms with Gasteiger partial charge in [-0.25, -0.2) is 0 Å². The van der Waals surface area contributed by atoms with Gasteiger partial charge in [0.1, 0.15) is 5.84 Å². The highest BCUT2D eigenvalue weighted by Crippen LogP contribution is 2.01. The molecule has 0 fully saturated rings. The third-order valence-corrected chi connectivity index (χ3v) is 1.75. The van der Waals surface area contributed by atoms with E-state index in [-0.39, 0.29) is 37.4 Å². The first-order valence-electron chi connectivity index (χ1n) is 4.39. The van der Waals surface area contributed by atoms with E-state index in [0.717, 1.165) is 0 Å². The van der Waals surface area contributed by atoms with E-state index < -0.39 is 0 Å². The minimum Gasteiger partial charge on any atom is -0.409 e. The Morgan fingerprint density at radius 3 is 2.50 bits per heavy atom. The summed E-state index contributed by atoms with van der Waals surface area (Å²) in [6, 6.07) is -0.0128. The van der Waals surface area contributed by atoms with Gasteiger partial charge < -0.3 is 20.9 Å². The molecular weight excluding hydrogens is 186 g/mol. The number of amidine groups is 1. The van der Waals surface area contributed by atoms with Gasteiger partial charge in [0.05, 0.1) is 13.0 Å². The molecule has 0 aromatic rings. The van der Waals surface area contributed by atoms with Gasteiger partial charge in [-0.1, -0.05) is 5.16 Å². The Morgan fingerprint density at radius 2 is 2.14 bits per heavy atom. The zero-order valence-electron chi connectivity index (χ0n) is 8.47. The summed E-state index contributed by atoms with van der Waals surface area (Å²) < 4.78 is 0. The van der Waals surface area contributed by atoms with Gasteiger partial charge in [0.2, 0.25) is 5.91 Å². The van der Waals surface area contributed by atoms with Gasteiger partial charge in [0, 0.05) is 12.6 Å². The molecule has 1 amide bonds. The van der Waals surface area contributed by atoms with Crippen molar-refractivity contribution in [2.45, 2.75) is 26.3 Å². The van der Waals surface area contributed by atoms with Crippen molar-refractivity contribution in [3.63, 3.8) is 0 Å². The molecule has 0 aromatic carbocycles. The molecule has 82 valence electrons. The summed E-state index contributed by atoms with van der Waals surface area (Å²) in [5.41, 5.74) is 5.20. The van der Waals surface area contributed by atoms with Crippen molar-refractivity contribution in [1.82, 2.24) is 4.90 Å². The molecule has 0 unspecified atom stereocenters. The number of amides is 1. The van der Waals surface area contributed by atoms with Gasteiger partial charge in [-0.05, 0) is 13.8 Å². The molecule has 0 saturated heterocycles. The Hall–Kier alpha value is -1.30. The summed E-state index contributed by atoms with van der Waals surface area (Å²) >= 11 is 0. The van der Waals surface area contributed by atoms with Crippen molar-refractivity contribution in [2.75, 3.05) is 13.2 Å². The zero-order valence-corrected chi connectivity index (χ0v) is 8.47. The van der Waals surface area contributed by atoms with Crippen LogP contribution in [0, 0.1) is 0 Å². The van der Waals surface area contributed by atoms with Gasteiger partial charge in [-0.2, -0.15) is 0 Å². The van der Waals surface area contributed by atoms with Crippen molar-refractivity contribution in [1.29, 1.82) is 0 Å². The SMILES string of the molecule is CC(C)N(CCO)C(=O)CC(N)=NO. The molecule has 0 aliphatic rings. The summed E-state index contributed by atoms with van der Waals surface area (Å²) in [4.78, 5) is 13.0. The largest absolute Gasteiger partial charge is 0.409 e. The molecule has 14 heavy (non-hydrogen) atoms. The number of nitrogens with two attached hydrogens (primary N) is 1. The van der Waals surface area contributed by atoms with E-state index in [1.54, 1.807) is 0 Å². The summed E-state index contributed by atoms with van der Waals surface area (Å²) in [5.74, 6) is -0.386. The maximum atomic E-state index is 11.5. The first-order chi connectivity index (χ1) is 6.52. The van der Waals surface area contributed by atoms with E-state index in [1.165, 1.54) is 4.90 Å². The average Bonchev–Trinajstić information content (AvgIpc) is 2.13. The summed E-state index contributed by atoms with van der Waals surface area (Å²) in [6.07, 6.45) is -0.130. The summed E-state index contributed by atoms with van der Waals surface area (Å²) in [5, 5.41) is 19.7. The molecule has 6 heteroatoms. The topological polar surface area (TPSA) is 99.2 Å². The Labute approximate surface area is 83.0 Å². The first kappa shape index (κ1) is 12.7. The second-order valence-electron chi connectivity index (χ2n) is 3.17. The van der Waals surface area contributed by atoms with Gasteiger partial charge in [-0.3, -0.25) is 4.79 Å². The predicted molar refractivity (Wildman–Crippen MR) is 52.0 cm³/mol. The molecule has 0 aliphatic heterocycles. The van der Waals surface area contributed by atoms with E-state index >= 15 is 0 Å². The van der Waals surface area contributed by atoms with Crippen molar-refractivity contribution in [3.05, 3.63) is 0 Å². The molecule has 0 rings (SSSR count). The number of hydrogen-bond acceptors (Lipinski definition) is 4. The lowest BCUT2D eigenvalue weighted by molar-refractivity contribution is -0.132. The molecule has 0 aromatic heterocycles. The van der Waals surface area contributed by atoms with Crippen LogP contribution >= 0.6 is 0 Å². The number of nitrogens with zero attached hydrogens (tertiary/aromatic N) is 2. The molecule has 0 aliphatic carbocycles. The molecule has 0 atom stereocenters. The van der Waals surface area contributed by atoms with Crippen LogP contribution in [-0.4, -0.2) is 46.1 Å². The maximum Gasteiger partial charge on any atom is 0.230 e. The Kier molecular flexibility index (Phi) is 5.62. The fourth-order valence-corrected chi connectivity index (χ4v) is 1.07.